The molecule has 3 nitrogen and oxygen atoms in total. The number of hydrogen-bond donors (Lipinski definition) is 2. The van der Waals surface area contributed by atoms with Crippen molar-refractivity contribution in [3.63, 3.8) is 0 Å². The predicted octanol–water partition coefficient (Wildman–Crippen LogP) is 3.23. The molecule has 1 heterocycles. The standard InChI is InChI=1S/C13H20BrN3/c1-10-7-12(16-8-11(10)14)17-13(9-15)5-3-2-4-6-13/h7-8H,2-6,9,15H2,1H3,(H,16,17). The van der Waals surface area contributed by atoms with Crippen molar-refractivity contribution in [1.29, 1.82) is 0 Å². The lowest BCUT2D eigenvalue weighted by Gasteiger charge is -2.37. The summed E-state index contributed by atoms with van der Waals surface area (Å²) in [5, 5.41) is 3.56. The summed E-state index contributed by atoms with van der Waals surface area (Å²) in [6, 6.07) is 2.08. The highest BCUT2D eigenvalue weighted by molar-refractivity contribution is 9.10. The fraction of sp³-hybridized carbons (Fsp3) is 0.615. The van der Waals surface area contributed by atoms with Crippen molar-refractivity contribution in [2.75, 3.05) is 11.9 Å². The van der Waals surface area contributed by atoms with Crippen LogP contribution in [0.1, 0.15) is 37.7 Å². The molecule has 2 rings (SSSR count). The van der Waals surface area contributed by atoms with Crippen LogP contribution in [0.25, 0.3) is 0 Å². The van der Waals surface area contributed by atoms with Gasteiger partial charge in [0.1, 0.15) is 5.82 Å². The number of nitrogens with one attached hydrogen (secondary N) is 1. The first-order valence-corrected chi connectivity index (χ1v) is 7.05. The molecular weight excluding hydrogens is 278 g/mol. The molecule has 0 aromatic carbocycles. The summed E-state index contributed by atoms with van der Waals surface area (Å²) >= 11 is 3.47. The van der Waals surface area contributed by atoms with Gasteiger partial charge in [-0.25, -0.2) is 4.98 Å². The molecule has 0 atom stereocenters. The van der Waals surface area contributed by atoms with Crippen LogP contribution in [0.15, 0.2) is 16.7 Å². The molecule has 1 aliphatic rings. The number of hydrogen-bond acceptors (Lipinski definition) is 3. The van der Waals surface area contributed by atoms with Gasteiger partial charge < -0.3 is 11.1 Å². The number of nitrogens with zero attached hydrogens (tertiary/aromatic N) is 1. The Morgan fingerprint density at radius 3 is 2.71 bits per heavy atom. The van der Waals surface area contributed by atoms with Gasteiger partial charge in [-0.05, 0) is 47.3 Å². The molecule has 0 radical (unpaired) electrons. The number of anilines is 1. The van der Waals surface area contributed by atoms with Crippen LogP contribution in [0, 0.1) is 6.92 Å². The molecule has 1 saturated carbocycles. The van der Waals surface area contributed by atoms with E-state index in [1.54, 1.807) is 0 Å². The molecule has 17 heavy (non-hydrogen) atoms. The first-order chi connectivity index (χ1) is 8.15. The lowest BCUT2D eigenvalue weighted by Crippen LogP contribution is -2.47. The number of aryl methyl sites for hydroxylation is 1. The number of pyridine rings is 1. The van der Waals surface area contributed by atoms with Gasteiger partial charge in [0.25, 0.3) is 0 Å². The second-order valence-corrected chi connectivity index (χ2v) is 5.84. The normalized spacial score (nSPS) is 19.0. The Morgan fingerprint density at radius 1 is 1.41 bits per heavy atom. The molecule has 0 amide bonds. The Hall–Kier alpha value is -0.610. The van der Waals surface area contributed by atoms with Crippen molar-refractivity contribution < 1.29 is 0 Å². The van der Waals surface area contributed by atoms with E-state index < -0.39 is 0 Å². The highest BCUT2D eigenvalue weighted by Gasteiger charge is 2.30. The van der Waals surface area contributed by atoms with E-state index in [1.807, 2.05) is 6.20 Å². The molecule has 94 valence electrons. The summed E-state index contributed by atoms with van der Waals surface area (Å²) in [7, 11) is 0. The van der Waals surface area contributed by atoms with Crippen molar-refractivity contribution in [2.45, 2.75) is 44.6 Å². The highest BCUT2D eigenvalue weighted by Crippen LogP contribution is 2.31. The van der Waals surface area contributed by atoms with Crippen LogP contribution < -0.4 is 11.1 Å². The van der Waals surface area contributed by atoms with Crippen LogP contribution >= 0.6 is 15.9 Å². The van der Waals surface area contributed by atoms with Gasteiger partial charge in [-0.3, -0.25) is 0 Å². The van der Waals surface area contributed by atoms with Crippen LogP contribution in [0.4, 0.5) is 5.82 Å². The Labute approximate surface area is 111 Å². The summed E-state index contributed by atoms with van der Waals surface area (Å²) in [5.41, 5.74) is 7.22. The topological polar surface area (TPSA) is 50.9 Å². The van der Waals surface area contributed by atoms with Crippen molar-refractivity contribution >= 4 is 21.7 Å². The Bertz CT molecular complexity index is 386. The number of rotatable bonds is 3. The number of aromatic nitrogens is 1. The maximum absolute atomic E-state index is 5.95. The maximum atomic E-state index is 5.95. The quantitative estimate of drug-likeness (QED) is 0.901. The Balaban J connectivity index is 2.14. The third-order valence-corrected chi connectivity index (χ3v) is 4.47. The van der Waals surface area contributed by atoms with E-state index >= 15 is 0 Å². The molecule has 0 unspecified atom stereocenters. The molecule has 1 aromatic heterocycles. The summed E-state index contributed by atoms with van der Waals surface area (Å²) < 4.78 is 1.05. The van der Waals surface area contributed by atoms with Crippen molar-refractivity contribution in [3.05, 3.63) is 22.3 Å². The van der Waals surface area contributed by atoms with Gasteiger partial charge >= 0.3 is 0 Å². The lowest BCUT2D eigenvalue weighted by atomic mass is 9.81. The third kappa shape index (κ3) is 2.99. The van der Waals surface area contributed by atoms with Gasteiger partial charge in [-0.15, -0.1) is 0 Å². The number of nitrogens with two attached hydrogens (primary N) is 1. The summed E-state index contributed by atoms with van der Waals surface area (Å²) in [6.07, 6.45) is 8.01. The van der Waals surface area contributed by atoms with Gasteiger partial charge in [0, 0.05) is 17.2 Å². The molecule has 1 fully saturated rings. The number of halogens is 1. The zero-order valence-electron chi connectivity index (χ0n) is 10.3. The van der Waals surface area contributed by atoms with Crippen LogP contribution in [-0.2, 0) is 0 Å². The van der Waals surface area contributed by atoms with E-state index in [9.17, 15) is 0 Å². The minimum Gasteiger partial charge on any atom is -0.363 e. The van der Waals surface area contributed by atoms with Crippen molar-refractivity contribution in [2.24, 2.45) is 5.73 Å². The van der Waals surface area contributed by atoms with Crippen molar-refractivity contribution in [1.82, 2.24) is 4.98 Å². The smallest absolute Gasteiger partial charge is 0.126 e. The molecule has 4 heteroatoms. The summed E-state index contributed by atoms with van der Waals surface area (Å²) in [6.45, 7) is 2.76. The van der Waals surface area contributed by atoms with Gasteiger partial charge in [0.05, 0.1) is 5.54 Å². The van der Waals surface area contributed by atoms with Gasteiger partial charge in [-0.2, -0.15) is 0 Å². The van der Waals surface area contributed by atoms with E-state index in [4.69, 9.17) is 5.73 Å². The van der Waals surface area contributed by atoms with E-state index in [2.05, 4.69) is 39.2 Å². The second-order valence-electron chi connectivity index (χ2n) is 4.99. The molecule has 1 aliphatic carbocycles. The monoisotopic (exact) mass is 297 g/mol. The molecule has 0 bridgehead atoms. The van der Waals surface area contributed by atoms with Crippen LogP contribution in [0.5, 0.6) is 0 Å². The average Bonchev–Trinajstić information content (AvgIpc) is 2.35. The molecule has 0 spiro atoms. The Kier molecular flexibility index (Phi) is 4.05. The fourth-order valence-electron chi connectivity index (χ4n) is 2.49. The van der Waals surface area contributed by atoms with Gasteiger partial charge in [-0.1, -0.05) is 19.3 Å². The van der Waals surface area contributed by atoms with Crippen molar-refractivity contribution in [3.8, 4) is 0 Å². The SMILES string of the molecule is Cc1cc(NC2(CN)CCCCC2)ncc1Br. The van der Waals surface area contributed by atoms with Crippen LogP contribution in [0.2, 0.25) is 0 Å². The van der Waals surface area contributed by atoms with E-state index in [0.29, 0.717) is 6.54 Å². The fourth-order valence-corrected chi connectivity index (χ4v) is 2.70. The first kappa shape index (κ1) is 12.8. The second kappa shape index (κ2) is 5.36. The highest BCUT2D eigenvalue weighted by atomic mass is 79.9. The minimum absolute atomic E-state index is 0.0610. The van der Waals surface area contributed by atoms with E-state index in [-0.39, 0.29) is 5.54 Å². The largest absolute Gasteiger partial charge is 0.363 e. The predicted molar refractivity (Wildman–Crippen MR) is 75.2 cm³/mol. The van der Waals surface area contributed by atoms with Crippen LogP contribution in [-0.4, -0.2) is 17.1 Å². The first-order valence-electron chi connectivity index (χ1n) is 6.26. The maximum Gasteiger partial charge on any atom is 0.126 e. The zero-order valence-corrected chi connectivity index (χ0v) is 11.9. The summed E-state index contributed by atoms with van der Waals surface area (Å²) in [5.74, 6) is 0.943. The van der Waals surface area contributed by atoms with Crippen LogP contribution in [0.3, 0.4) is 0 Å². The molecule has 1 aromatic rings. The molecular formula is C13H20BrN3. The lowest BCUT2D eigenvalue weighted by molar-refractivity contribution is 0.330. The summed E-state index contributed by atoms with van der Waals surface area (Å²) in [4.78, 5) is 4.41. The minimum atomic E-state index is 0.0610. The Morgan fingerprint density at radius 2 is 2.12 bits per heavy atom. The van der Waals surface area contributed by atoms with Gasteiger partial charge in [0.15, 0.2) is 0 Å². The third-order valence-electron chi connectivity index (χ3n) is 3.64. The zero-order chi connectivity index (χ0) is 12.3. The van der Waals surface area contributed by atoms with E-state index in [1.165, 1.54) is 24.8 Å². The average molecular weight is 298 g/mol. The van der Waals surface area contributed by atoms with E-state index in [0.717, 1.165) is 23.1 Å². The molecule has 3 N–H and O–H groups in total. The van der Waals surface area contributed by atoms with Gasteiger partial charge in [0.2, 0.25) is 0 Å². The molecule has 0 aliphatic heterocycles. The molecule has 0 saturated heterocycles.